The van der Waals surface area contributed by atoms with Gasteiger partial charge in [-0.15, -0.1) is 0 Å². The molecule has 0 saturated carbocycles. The zero-order valence-electron chi connectivity index (χ0n) is 20.6. The van der Waals surface area contributed by atoms with Crippen molar-refractivity contribution in [1.82, 2.24) is 5.32 Å². The van der Waals surface area contributed by atoms with Gasteiger partial charge in [-0.25, -0.2) is 8.42 Å². The van der Waals surface area contributed by atoms with E-state index in [1.807, 2.05) is 25.1 Å². The second-order valence-electron chi connectivity index (χ2n) is 9.06. The van der Waals surface area contributed by atoms with E-state index in [1.165, 1.54) is 7.11 Å². The Morgan fingerprint density at radius 2 is 1.69 bits per heavy atom. The number of nitrogens with one attached hydrogen (secondary N) is 1. The van der Waals surface area contributed by atoms with Gasteiger partial charge in [0.1, 0.15) is 12.3 Å². The van der Waals surface area contributed by atoms with Crippen molar-refractivity contribution in [3.8, 4) is 5.75 Å². The second kappa shape index (κ2) is 11.1. The molecule has 3 aromatic carbocycles. The summed E-state index contributed by atoms with van der Waals surface area (Å²) in [5.41, 5.74) is 2.19. The Morgan fingerprint density at radius 1 is 1.00 bits per heavy atom. The molecule has 0 spiro atoms. The van der Waals surface area contributed by atoms with Gasteiger partial charge in [0, 0.05) is 31.2 Å². The quantitative estimate of drug-likeness (QED) is 0.471. The average molecular weight is 509 g/mol. The van der Waals surface area contributed by atoms with E-state index in [4.69, 9.17) is 9.47 Å². The lowest BCUT2D eigenvalue weighted by atomic mass is 9.74. The van der Waals surface area contributed by atoms with Crippen LogP contribution in [0.3, 0.4) is 0 Å². The molecule has 1 amide bonds. The molecule has 1 saturated heterocycles. The van der Waals surface area contributed by atoms with Crippen LogP contribution in [0.25, 0.3) is 0 Å². The molecule has 1 fully saturated rings. The third-order valence-electron chi connectivity index (χ3n) is 6.70. The van der Waals surface area contributed by atoms with Crippen LogP contribution in [0.4, 0.5) is 5.69 Å². The molecule has 0 aliphatic carbocycles. The molecule has 0 bridgehead atoms. The number of sulfonamides is 1. The molecule has 3 aromatic rings. The van der Waals surface area contributed by atoms with E-state index >= 15 is 0 Å². The van der Waals surface area contributed by atoms with Crippen LogP contribution < -0.4 is 14.4 Å². The zero-order chi connectivity index (χ0) is 25.6. The van der Waals surface area contributed by atoms with Crippen molar-refractivity contribution in [2.45, 2.75) is 30.1 Å². The zero-order valence-corrected chi connectivity index (χ0v) is 21.5. The van der Waals surface area contributed by atoms with Crippen LogP contribution in [0.5, 0.6) is 5.75 Å². The molecule has 8 heteroatoms. The number of benzene rings is 3. The summed E-state index contributed by atoms with van der Waals surface area (Å²) in [6.45, 7) is 3.16. The van der Waals surface area contributed by atoms with Gasteiger partial charge in [-0.3, -0.25) is 9.10 Å². The predicted molar refractivity (Wildman–Crippen MR) is 140 cm³/mol. The number of nitrogens with zero attached hydrogens (tertiary/aromatic N) is 1. The number of hydrogen-bond acceptors (Lipinski definition) is 5. The Balaban J connectivity index is 1.59. The first kappa shape index (κ1) is 25.7. The summed E-state index contributed by atoms with van der Waals surface area (Å²) in [6, 6.07) is 23.4. The van der Waals surface area contributed by atoms with Crippen molar-refractivity contribution >= 4 is 21.6 Å². The molecule has 7 nitrogen and oxygen atoms in total. The second-order valence-corrected chi connectivity index (χ2v) is 10.9. The van der Waals surface area contributed by atoms with Crippen LogP contribution in [0.15, 0.2) is 83.8 Å². The van der Waals surface area contributed by atoms with Crippen LogP contribution in [-0.2, 0) is 25.0 Å². The molecule has 1 aliphatic heterocycles. The fourth-order valence-corrected chi connectivity index (χ4v) is 5.91. The van der Waals surface area contributed by atoms with Gasteiger partial charge >= 0.3 is 0 Å². The van der Waals surface area contributed by atoms with E-state index in [-0.39, 0.29) is 22.8 Å². The highest BCUT2D eigenvalue weighted by molar-refractivity contribution is 7.92. The van der Waals surface area contributed by atoms with Crippen LogP contribution in [0, 0.1) is 6.92 Å². The van der Waals surface area contributed by atoms with E-state index in [0.29, 0.717) is 31.2 Å². The predicted octanol–water partition coefficient (Wildman–Crippen LogP) is 4.06. The van der Waals surface area contributed by atoms with E-state index < -0.39 is 10.0 Å². The van der Waals surface area contributed by atoms with Crippen LogP contribution >= 0.6 is 0 Å². The highest BCUT2D eigenvalue weighted by atomic mass is 32.2. The number of amides is 1. The summed E-state index contributed by atoms with van der Waals surface area (Å²) >= 11 is 0. The first-order valence-corrected chi connectivity index (χ1v) is 13.4. The standard InChI is InChI=1S/C28H32N2O5S/c1-22-11-13-26(14-12-22)36(32,33)30(24-9-6-10-25(19-24)34-2)20-27(31)29-21-28(15-17-35-18-16-28)23-7-4-3-5-8-23/h3-14,19H,15-18,20-21H2,1-2H3,(H,29,31). The minimum atomic E-state index is -4.00. The molecular formula is C28H32N2O5S. The van der Waals surface area contributed by atoms with Crippen LogP contribution in [0.1, 0.15) is 24.0 Å². The van der Waals surface area contributed by atoms with Gasteiger partial charge in [0.05, 0.1) is 17.7 Å². The summed E-state index contributed by atoms with van der Waals surface area (Å²) in [5.74, 6) is 0.123. The van der Waals surface area contributed by atoms with E-state index in [0.717, 1.165) is 28.3 Å². The summed E-state index contributed by atoms with van der Waals surface area (Å²) in [5, 5.41) is 3.02. The summed E-state index contributed by atoms with van der Waals surface area (Å²) < 4.78 is 39.3. The Bertz CT molecular complexity index is 1270. The molecule has 4 rings (SSSR count). The highest BCUT2D eigenvalue weighted by Gasteiger charge is 2.35. The fraction of sp³-hybridized carbons (Fsp3) is 0.321. The molecule has 0 unspecified atom stereocenters. The van der Waals surface area contributed by atoms with E-state index in [1.54, 1.807) is 48.5 Å². The van der Waals surface area contributed by atoms with Gasteiger partial charge in [-0.05, 0) is 49.6 Å². The molecule has 36 heavy (non-hydrogen) atoms. The molecule has 190 valence electrons. The third kappa shape index (κ3) is 5.71. The number of ether oxygens (including phenoxy) is 2. The maximum Gasteiger partial charge on any atom is 0.264 e. The van der Waals surface area contributed by atoms with Crippen molar-refractivity contribution in [1.29, 1.82) is 0 Å². The minimum absolute atomic E-state index is 0.119. The number of carbonyl (C=O) groups is 1. The topological polar surface area (TPSA) is 84.9 Å². The SMILES string of the molecule is COc1cccc(N(CC(=O)NCC2(c3ccccc3)CCOCC2)S(=O)(=O)c2ccc(C)cc2)c1. The van der Waals surface area contributed by atoms with Gasteiger partial charge in [0.25, 0.3) is 10.0 Å². The van der Waals surface area contributed by atoms with Crippen molar-refractivity contribution < 1.29 is 22.7 Å². The molecule has 0 aromatic heterocycles. The van der Waals surface area contributed by atoms with Crippen molar-refractivity contribution in [2.75, 3.05) is 37.7 Å². The smallest absolute Gasteiger partial charge is 0.264 e. The minimum Gasteiger partial charge on any atom is -0.497 e. The maximum absolute atomic E-state index is 13.7. The number of methoxy groups -OCH3 is 1. The first-order valence-electron chi connectivity index (χ1n) is 12.0. The van der Waals surface area contributed by atoms with Gasteiger partial charge in [-0.2, -0.15) is 0 Å². The number of hydrogen-bond donors (Lipinski definition) is 1. The van der Waals surface area contributed by atoms with Crippen molar-refractivity contribution in [2.24, 2.45) is 0 Å². The van der Waals surface area contributed by atoms with Gasteiger partial charge < -0.3 is 14.8 Å². The fourth-order valence-electron chi connectivity index (χ4n) is 4.49. The monoisotopic (exact) mass is 508 g/mol. The van der Waals surface area contributed by atoms with Gasteiger partial charge in [0.15, 0.2) is 0 Å². The Hall–Kier alpha value is -3.36. The summed E-state index contributed by atoms with van der Waals surface area (Å²) in [4.78, 5) is 13.4. The summed E-state index contributed by atoms with van der Waals surface area (Å²) in [6.07, 6.45) is 1.55. The number of aryl methyl sites for hydroxylation is 1. The maximum atomic E-state index is 13.7. The van der Waals surface area contributed by atoms with Crippen LogP contribution in [0.2, 0.25) is 0 Å². The number of anilines is 1. The number of carbonyl (C=O) groups excluding carboxylic acids is 1. The third-order valence-corrected chi connectivity index (χ3v) is 8.49. The molecule has 0 radical (unpaired) electrons. The largest absolute Gasteiger partial charge is 0.497 e. The van der Waals surface area contributed by atoms with Gasteiger partial charge in [-0.1, -0.05) is 54.1 Å². The van der Waals surface area contributed by atoms with Crippen molar-refractivity contribution in [3.63, 3.8) is 0 Å². The lowest BCUT2D eigenvalue weighted by Crippen LogP contribution is -2.48. The molecule has 1 N–H and O–H groups in total. The highest BCUT2D eigenvalue weighted by Crippen LogP contribution is 2.34. The molecule has 1 heterocycles. The molecular weight excluding hydrogens is 476 g/mol. The molecule has 0 atom stereocenters. The first-order chi connectivity index (χ1) is 17.3. The van der Waals surface area contributed by atoms with Crippen LogP contribution in [-0.4, -0.2) is 47.7 Å². The van der Waals surface area contributed by atoms with E-state index in [9.17, 15) is 13.2 Å². The van der Waals surface area contributed by atoms with Crippen molar-refractivity contribution in [3.05, 3.63) is 90.0 Å². The Labute approximate surface area is 213 Å². The number of rotatable bonds is 9. The normalized spacial score (nSPS) is 15.2. The lowest BCUT2D eigenvalue weighted by molar-refractivity contribution is -0.120. The van der Waals surface area contributed by atoms with Gasteiger partial charge in [0.2, 0.25) is 5.91 Å². The van der Waals surface area contributed by atoms with E-state index in [2.05, 4.69) is 17.4 Å². The Kier molecular flexibility index (Phi) is 7.96. The average Bonchev–Trinajstić information content (AvgIpc) is 2.92. The lowest BCUT2D eigenvalue weighted by Gasteiger charge is -2.38. The Morgan fingerprint density at radius 3 is 2.36 bits per heavy atom. The summed E-state index contributed by atoms with van der Waals surface area (Å²) in [7, 11) is -2.49. The molecule has 1 aliphatic rings.